The third-order valence-electron chi connectivity index (χ3n) is 5.07. The number of carbonyl (C=O) groups is 2. The fourth-order valence-electron chi connectivity index (χ4n) is 3.53. The summed E-state index contributed by atoms with van der Waals surface area (Å²) in [6.07, 6.45) is 2.64. The molecule has 0 saturated carbocycles. The predicted molar refractivity (Wildman–Crippen MR) is 103 cm³/mol. The summed E-state index contributed by atoms with van der Waals surface area (Å²) in [5.74, 6) is -0.655. The normalized spacial score (nSPS) is 17.9. The van der Waals surface area contributed by atoms with E-state index in [2.05, 4.69) is 15.3 Å². The second-order valence-electron chi connectivity index (χ2n) is 6.89. The molecule has 0 radical (unpaired) electrons. The number of nitrogens with zero attached hydrogens (tertiary/aromatic N) is 3. The fraction of sp³-hybridized carbons (Fsp3) is 0.400. The van der Waals surface area contributed by atoms with Crippen molar-refractivity contribution >= 4 is 23.4 Å². The molecule has 2 fully saturated rings. The number of likely N-dealkylation sites (tertiary alicyclic amines) is 1. The van der Waals surface area contributed by atoms with E-state index >= 15 is 0 Å². The second-order valence-corrected chi connectivity index (χ2v) is 6.89. The maximum absolute atomic E-state index is 12.9. The van der Waals surface area contributed by atoms with Crippen LogP contribution in [0, 0.1) is 0 Å². The van der Waals surface area contributed by atoms with E-state index in [4.69, 9.17) is 14.2 Å². The molecule has 2 aliphatic heterocycles. The maximum Gasteiger partial charge on any atom is 0.337 e. The maximum atomic E-state index is 12.9. The lowest BCUT2D eigenvalue weighted by Crippen LogP contribution is -2.47. The molecule has 1 amide bonds. The number of aromatic nitrogens is 2. The largest absolute Gasteiger partial charge is 0.465 e. The Kier molecular flexibility index (Phi) is 5.41. The van der Waals surface area contributed by atoms with Crippen LogP contribution < -0.4 is 5.32 Å². The van der Waals surface area contributed by atoms with E-state index in [0.29, 0.717) is 61.9 Å². The minimum Gasteiger partial charge on any atom is -0.465 e. The Labute approximate surface area is 168 Å². The second kappa shape index (κ2) is 8.14. The molecule has 9 heteroatoms. The SMILES string of the molecule is COC(=O)c1cccc(Nc2cc(C(=O)N3CCC4(CC3)OCCO4)ncn2)c1. The molecule has 1 N–H and O–H groups in total. The number of rotatable bonds is 4. The van der Waals surface area contributed by atoms with E-state index in [1.54, 1.807) is 35.2 Å². The number of amides is 1. The molecule has 0 aliphatic carbocycles. The Morgan fingerprint density at radius 3 is 2.62 bits per heavy atom. The summed E-state index contributed by atoms with van der Waals surface area (Å²) >= 11 is 0. The van der Waals surface area contributed by atoms with Crippen molar-refractivity contribution in [3.63, 3.8) is 0 Å². The van der Waals surface area contributed by atoms with Crippen molar-refractivity contribution in [3.8, 4) is 0 Å². The van der Waals surface area contributed by atoms with Crippen LogP contribution in [0.5, 0.6) is 0 Å². The summed E-state index contributed by atoms with van der Waals surface area (Å²) in [5, 5.41) is 3.09. The first-order valence-electron chi connectivity index (χ1n) is 9.43. The van der Waals surface area contributed by atoms with Crippen molar-refractivity contribution < 1.29 is 23.8 Å². The van der Waals surface area contributed by atoms with Crippen LogP contribution in [0.3, 0.4) is 0 Å². The topological polar surface area (TPSA) is 103 Å². The molecule has 152 valence electrons. The summed E-state index contributed by atoms with van der Waals surface area (Å²) in [7, 11) is 1.33. The highest BCUT2D eigenvalue weighted by Gasteiger charge is 2.41. The predicted octanol–water partition coefficient (Wildman–Crippen LogP) is 1.99. The molecule has 1 aromatic carbocycles. The Morgan fingerprint density at radius 1 is 1.14 bits per heavy atom. The van der Waals surface area contributed by atoms with E-state index in [1.165, 1.54) is 13.4 Å². The number of methoxy groups -OCH3 is 1. The monoisotopic (exact) mass is 398 g/mol. The molecule has 1 spiro atoms. The van der Waals surface area contributed by atoms with E-state index in [-0.39, 0.29) is 5.91 Å². The van der Waals surface area contributed by atoms with Crippen molar-refractivity contribution in [2.45, 2.75) is 18.6 Å². The molecule has 0 bridgehead atoms. The third kappa shape index (κ3) is 4.20. The highest BCUT2D eigenvalue weighted by molar-refractivity contribution is 5.93. The van der Waals surface area contributed by atoms with Crippen molar-refractivity contribution in [2.24, 2.45) is 0 Å². The average molecular weight is 398 g/mol. The van der Waals surface area contributed by atoms with Gasteiger partial charge in [-0.3, -0.25) is 4.79 Å². The lowest BCUT2D eigenvalue weighted by molar-refractivity contribution is -0.181. The lowest BCUT2D eigenvalue weighted by Gasteiger charge is -2.37. The van der Waals surface area contributed by atoms with Gasteiger partial charge in [-0.15, -0.1) is 0 Å². The van der Waals surface area contributed by atoms with Gasteiger partial charge in [0.25, 0.3) is 5.91 Å². The van der Waals surface area contributed by atoms with Gasteiger partial charge in [0, 0.05) is 37.7 Å². The average Bonchev–Trinajstić information content (AvgIpc) is 3.21. The zero-order valence-electron chi connectivity index (χ0n) is 16.1. The molecule has 1 aromatic heterocycles. The lowest BCUT2D eigenvalue weighted by atomic mass is 10.0. The van der Waals surface area contributed by atoms with Gasteiger partial charge < -0.3 is 24.4 Å². The molecule has 2 aliphatic rings. The van der Waals surface area contributed by atoms with Crippen LogP contribution in [0.2, 0.25) is 0 Å². The zero-order valence-corrected chi connectivity index (χ0v) is 16.1. The van der Waals surface area contributed by atoms with Gasteiger partial charge >= 0.3 is 5.97 Å². The number of nitrogens with one attached hydrogen (secondary N) is 1. The Bertz CT molecular complexity index is 903. The summed E-state index contributed by atoms with van der Waals surface area (Å²) < 4.78 is 16.1. The highest BCUT2D eigenvalue weighted by atomic mass is 16.7. The van der Waals surface area contributed by atoms with Gasteiger partial charge in [-0.05, 0) is 18.2 Å². The number of carbonyl (C=O) groups excluding carboxylic acids is 2. The first kappa shape index (κ1) is 19.3. The van der Waals surface area contributed by atoms with Gasteiger partial charge in [-0.1, -0.05) is 6.07 Å². The minimum atomic E-state index is -0.528. The molecule has 0 atom stereocenters. The Hall–Kier alpha value is -3.04. The van der Waals surface area contributed by atoms with Crippen LogP contribution in [-0.2, 0) is 14.2 Å². The molecular weight excluding hydrogens is 376 g/mol. The standard InChI is InChI=1S/C20H22N4O5/c1-27-19(26)14-3-2-4-15(11-14)23-17-12-16(21-13-22-17)18(25)24-7-5-20(6-8-24)28-9-10-29-20/h2-4,11-13H,5-10H2,1H3,(H,21,22,23). The van der Waals surface area contributed by atoms with Crippen LogP contribution in [-0.4, -0.2) is 65.9 Å². The van der Waals surface area contributed by atoms with Crippen LogP contribution in [0.1, 0.15) is 33.7 Å². The van der Waals surface area contributed by atoms with Crippen LogP contribution >= 0.6 is 0 Å². The van der Waals surface area contributed by atoms with E-state index < -0.39 is 11.8 Å². The molecule has 2 aromatic rings. The van der Waals surface area contributed by atoms with E-state index in [9.17, 15) is 9.59 Å². The van der Waals surface area contributed by atoms with Gasteiger partial charge in [0.05, 0.1) is 25.9 Å². The number of hydrogen-bond acceptors (Lipinski definition) is 8. The molecular formula is C20H22N4O5. The van der Waals surface area contributed by atoms with Crippen molar-refractivity contribution in [1.82, 2.24) is 14.9 Å². The zero-order chi connectivity index (χ0) is 20.3. The van der Waals surface area contributed by atoms with E-state index in [0.717, 1.165) is 0 Å². The molecule has 3 heterocycles. The number of piperidine rings is 1. The quantitative estimate of drug-likeness (QED) is 0.780. The van der Waals surface area contributed by atoms with Gasteiger partial charge in [0.15, 0.2) is 5.79 Å². The number of anilines is 2. The molecule has 0 unspecified atom stereocenters. The first-order chi connectivity index (χ1) is 14.1. The van der Waals surface area contributed by atoms with Crippen LogP contribution in [0.15, 0.2) is 36.7 Å². The summed E-state index contributed by atoms with van der Waals surface area (Å²) in [4.78, 5) is 34.6. The van der Waals surface area contributed by atoms with Gasteiger partial charge in [-0.25, -0.2) is 14.8 Å². The van der Waals surface area contributed by atoms with Crippen molar-refractivity contribution in [2.75, 3.05) is 38.7 Å². The third-order valence-corrected chi connectivity index (χ3v) is 5.07. The Balaban J connectivity index is 1.43. The van der Waals surface area contributed by atoms with E-state index in [1.807, 2.05) is 0 Å². The smallest absolute Gasteiger partial charge is 0.337 e. The first-order valence-corrected chi connectivity index (χ1v) is 9.43. The number of benzene rings is 1. The van der Waals surface area contributed by atoms with Gasteiger partial charge in [0.2, 0.25) is 0 Å². The van der Waals surface area contributed by atoms with Gasteiger partial charge in [-0.2, -0.15) is 0 Å². The summed E-state index contributed by atoms with van der Waals surface area (Å²) in [5.41, 5.74) is 1.37. The molecule has 4 rings (SSSR count). The number of hydrogen-bond donors (Lipinski definition) is 1. The van der Waals surface area contributed by atoms with Crippen LogP contribution in [0.25, 0.3) is 0 Å². The number of esters is 1. The Morgan fingerprint density at radius 2 is 1.90 bits per heavy atom. The minimum absolute atomic E-state index is 0.161. The highest BCUT2D eigenvalue weighted by Crippen LogP contribution is 2.31. The molecule has 9 nitrogen and oxygen atoms in total. The number of ether oxygens (including phenoxy) is 3. The van der Waals surface area contributed by atoms with Crippen LogP contribution in [0.4, 0.5) is 11.5 Å². The van der Waals surface area contributed by atoms with Gasteiger partial charge in [0.1, 0.15) is 17.8 Å². The molecule has 29 heavy (non-hydrogen) atoms. The van der Waals surface area contributed by atoms with Crippen molar-refractivity contribution in [1.29, 1.82) is 0 Å². The van der Waals surface area contributed by atoms with Crippen molar-refractivity contribution in [3.05, 3.63) is 47.9 Å². The summed E-state index contributed by atoms with van der Waals surface area (Å²) in [6.45, 7) is 2.30. The fourth-order valence-corrected chi connectivity index (χ4v) is 3.53. The summed E-state index contributed by atoms with van der Waals surface area (Å²) in [6, 6.07) is 8.44. The molecule has 2 saturated heterocycles.